The SMILES string of the molecule is CCCN(C(=O)C(NC(=O)[C@H]1CCCCN1C)[C@@H](C)CC)[C@H](CC(O)c1nc(C(=O)N[C@H](CCC(=O)O)Cc2ccc(F)cc2)cs1)C(C)C. The number of aliphatic carboxylic acids is 1. The van der Waals surface area contributed by atoms with Crippen LogP contribution in [0.5, 0.6) is 0 Å². The van der Waals surface area contributed by atoms with E-state index >= 15 is 0 Å². The van der Waals surface area contributed by atoms with E-state index in [0.29, 0.717) is 30.8 Å². The molecule has 1 aromatic carbocycles. The van der Waals surface area contributed by atoms with E-state index in [-0.39, 0.29) is 66.5 Å². The number of likely N-dealkylation sites (tertiary alicyclic amines) is 1. The fourth-order valence-corrected chi connectivity index (χ4v) is 7.32. The molecule has 2 unspecified atom stereocenters. The molecule has 3 amide bonds. The molecule has 1 saturated heterocycles. The third kappa shape index (κ3) is 11.8. The number of nitrogens with zero attached hydrogens (tertiary/aromatic N) is 3. The normalized spacial score (nSPS) is 18.1. The van der Waals surface area contributed by atoms with Crippen LogP contribution in [0.15, 0.2) is 29.6 Å². The average Bonchev–Trinajstić information content (AvgIpc) is 3.59. The lowest BCUT2D eigenvalue weighted by molar-refractivity contribution is -0.142. The highest BCUT2D eigenvalue weighted by Gasteiger charge is 2.37. The number of nitrogens with one attached hydrogen (secondary N) is 2. The minimum Gasteiger partial charge on any atom is -0.481 e. The van der Waals surface area contributed by atoms with Crippen LogP contribution in [-0.2, 0) is 20.8 Å². The van der Waals surface area contributed by atoms with Crippen molar-refractivity contribution in [2.24, 2.45) is 11.8 Å². The number of hydrogen-bond acceptors (Lipinski definition) is 8. The number of aliphatic hydroxyl groups is 1. The lowest BCUT2D eigenvalue weighted by Crippen LogP contribution is -2.58. The fourth-order valence-electron chi connectivity index (χ4n) is 6.52. The molecule has 1 aliphatic heterocycles. The number of carbonyl (C=O) groups is 4. The maximum Gasteiger partial charge on any atom is 0.303 e. The van der Waals surface area contributed by atoms with Crippen molar-refractivity contribution in [1.29, 1.82) is 0 Å². The van der Waals surface area contributed by atoms with Gasteiger partial charge in [-0.05, 0) is 75.2 Å². The molecule has 4 N–H and O–H groups in total. The zero-order chi connectivity index (χ0) is 37.0. The summed E-state index contributed by atoms with van der Waals surface area (Å²) in [5.74, 6) is -2.29. The molecule has 0 spiro atoms. The second kappa shape index (κ2) is 19.8. The molecule has 50 heavy (non-hydrogen) atoms. The number of likely N-dealkylation sites (N-methyl/N-ethyl adjacent to an activating group) is 1. The molecule has 1 aromatic heterocycles. The van der Waals surface area contributed by atoms with Gasteiger partial charge in [0.1, 0.15) is 28.7 Å². The summed E-state index contributed by atoms with van der Waals surface area (Å²) >= 11 is 1.14. The number of rotatable bonds is 19. The monoisotopic (exact) mass is 717 g/mol. The smallest absolute Gasteiger partial charge is 0.303 e. The molecular formula is C37H56FN5O6S. The van der Waals surface area contributed by atoms with E-state index in [9.17, 15) is 33.8 Å². The van der Waals surface area contributed by atoms with E-state index in [2.05, 4.69) is 20.5 Å². The number of carboxylic acid groups (broad SMARTS) is 1. The van der Waals surface area contributed by atoms with Gasteiger partial charge in [-0.2, -0.15) is 0 Å². The summed E-state index contributed by atoms with van der Waals surface area (Å²) in [5.41, 5.74) is 0.845. The number of hydrogen-bond donors (Lipinski definition) is 4. The van der Waals surface area contributed by atoms with Crippen molar-refractivity contribution < 1.29 is 33.8 Å². The van der Waals surface area contributed by atoms with Gasteiger partial charge in [0.25, 0.3) is 5.91 Å². The number of piperidine rings is 1. The third-order valence-corrected chi connectivity index (χ3v) is 10.7. The van der Waals surface area contributed by atoms with Gasteiger partial charge in [0, 0.05) is 36.9 Å². The summed E-state index contributed by atoms with van der Waals surface area (Å²) in [6, 6.07) is 3.96. The lowest BCUT2D eigenvalue weighted by Gasteiger charge is -2.39. The first-order valence-electron chi connectivity index (χ1n) is 18.0. The Morgan fingerprint density at radius 3 is 2.40 bits per heavy atom. The predicted molar refractivity (Wildman–Crippen MR) is 192 cm³/mol. The molecule has 11 nitrogen and oxygen atoms in total. The highest BCUT2D eigenvalue weighted by Crippen LogP contribution is 2.29. The minimum absolute atomic E-state index is 0.0258. The van der Waals surface area contributed by atoms with Crippen molar-refractivity contribution in [3.05, 3.63) is 51.7 Å². The second-order valence-corrected chi connectivity index (χ2v) is 14.9. The summed E-state index contributed by atoms with van der Waals surface area (Å²) in [6.45, 7) is 11.3. The largest absolute Gasteiger partial charge is 0.481 e. The molecule has 13 heteroatoms. The van der Waals surface area contributed by atoms with E-state index in [4.69, 9.17) is 0 Å². The Bertz CT molecular complexity index is 1400. The van der Waals surface area contributed by atoms with E-state index in [1.54, 1.807) is 22.4 Å². The molecule has 2 heterocycles. The van der Waals surface area contributed by atoms with Gasteiger partial charge >= 0.3 is 5.97 Å². The first kappa shape index (κ1) is 41.0. The number of benzene rings is 1. The lowest BCUT2D eigenvalue weighted by atomic mass is 9.92. The van der Waals surface area contributed by atoms with Gasteiger partial charge in [-0.3, -0.25) is 24.1 Å². The molecule has 1 fully saturated rings. The van der Waals surface area contributed by atoms with Crippen LogP contribution >= 0.6 is 11.3 Å². The van der Waals surface area contributed by atoms with Crippen LogP contribution in [-0.4, -0.2) is 93.0 Å². The average molecular weight is 718 g/mol. The Labute approximate surface area is 300 Å². The maximum absolute atomic E-state index is 14.3. The summed E-state index contributed by atoms with van der Waals surface area (Å²) in [5, 5.41) is 28.5. The van der Waals surface area contributed by atoms with Gasteiger partial charge in [-0.25, -0.2) is 9.37 Å². The molecule has 1 aliphatic rings. The van der Waals surface area contributed by atoms with Crippen molar-refractivity contribution in [1.82, 2.24) is 25.4 Å². The molecule has 0 aliphatic carbocycles. The first-order valence-corrected chi connectivity index (χ1v) is 18.8. The molecular weight excluding hydrogens is 662 g/mol. The predicted octanol–water partition coefficient (Wildman–Crippen LogP) is 5.19. The van der Waals surface area contributed by atoms with Crippen molar-refractivity contribution in [2.45, 2.75) is 123 Å². The van der Waals surface area contributed by atoms with Crippen LogP contribution in [0.25, 0.3) is 0 Å². The van der Waals surface area contributed by atoms with Crippen LogP contribution in [0.1, 0.15) is 113 Å². The Morgan fingerprint density at radius 2 is 1.80 bits per heavy atom. The molecule has 0 saturated carbocycles. The minimum atomic E-state index is -1.06. The zero-order valence-electron chi connectivity index (χ0n) is 30.4. The summed E-state index contributed by atoms with van der Waals surface area (Å²) < 4.78 is 13.4. The molecule has 0 radical (unpaired) electrons. The third-order valence-electron chi connectivity index (χ3n) is 9.71. The van der Waals surface area contributed by atoms with Gasteiger partial charge in [0.05, 0.1) is 6.04 Å². The van der Waals surface area contributed by atoms with E-state index in [1.807, 2.05) is 41.7 Å². The number of carbonyl (C=O) groups excluding carboxylic acids is 3. The Balaban J connectivity index is 1.76. The highest BCUT2D eigenvalue weighted by molar-refractivity contribution is 7.09. The number of halogens is 1. The molecule has 3 rings (SSSR count). The van der Waals surface area contributed by atoms with Crippen molar-refractivity contribution in [3.63, 3.8) is 0 Å². The summed E-state index contributed by atoms with van der Waals surface area (Å²) in [4.78, 5) is 60.6. The number of thiazole rings is 1. The van der Waals surface area contributed by atoms with Gasteiger partial charge in [0.2, 0.25) is 11.8 Å². The van der Waals surface area contributed by atoms with E-state index in [0.717, 1.165) is 42.7 Å². The zero-order valence-corrected chi connectivity index (χ0v) is 31.2. The molecule has 6 atom stereocenters. The van der Waals surface area contributed by atoms with Crippen LogP contribution in [0.2, 0.25) is 0 Å². The fraction of sp³-hybridized carbons (Fsp3) is 0.649. The molecule has 2 aromatic rings. The van der Waals surface area contributed by atoms with Crippen molar-refractivity contribution in [2.75, 3.05) is 20.1 Å². The van der Waals surface area contributed by atoms with Gasteiger partial charge in [0.15, 0.2) is 0 Å². The van der Waals surface area contributed by atoms with E-state index < -0.39 is 30.1 Å². The number of amides is 3. The number of aliphatic hydroxyl groups excluding tert-OH is 1. The summed E-state index contributed by atoms with van der Waals surface area (Å²) in [7, 11) is 1.95. The maximum atomic E-state index is 14.3. The van der Waals surface area contributed by atoms with Crippen LogP contribution in [0.3, 0.4) is 0 Å². The molecule has 0 bridgehead atoms. The van der Waals surface area contributed by atoms with Crippen molar-refractivity contribution in [3.8, 4) is 0 Å². The van der Waals surface area contributed by atoms with E-state index in [1.165, 1.54) is 12.1 Å². The Morgan fingerprint density at radius 1 is 1.10 bits per heavy atom. The summed E-state index contributed by atoms with van der Waals surface area (Å²) in [6.07, 6.45) is 3.64. The quantitative estimate of drug-likeness (QED) is 0.155. The highest BCUT2D eigenvalue weighted by atomic mass is 32.1. The topological polar surface area (TPSA) is 152 Å². The second-order valence-electron chi connectivity index (χ2n) is 14.0. The number of carboxylic acids is 1. The van der Waals surface area contributed by atoms with Crippen LogP contribution in [0, 0.1) is 17.7 Å². The Kier molecular flexibility index (Phi) is 16.3. The van der Waals surface area contributed by atoms with Crippen LogP contribution in [0.4, 0.5) is 4.39 Å². The molecule has 278 valence electrons. The number of aromatic nitrogens is 1. The van der Waals surface area contributed by atoms with Gasteiger partial charge in [-0.1, -0.05) is 59.6 Å². The Hall–Kier alpha value is -3.42. The van der Waals surface area contributed by atoms with Crippen molar-refractivity contribution >= 4 is 35.0 Å². The van der Waals surface area contributed by atoms with Gasteiger partial charge in [-0.15, -0.1) is 11.3 Å². The standard InChI is InChI=1S/C37H56FN5O6S/c1-7-18-43(37(49)33(24(5)8-2)41-35(48)29-11-9-10-19-42(29)6)30(23(3)4)21-31(44)36-40-28(22-50-36)34(47)39-27(16-17-32(45)46)20-25-12-14-26(38)15-13-25/h12-15,22-24,27,29-31,33,44H,7-11,16-21H2,1-6H3,(H,39,47)(H,41,48)(H,45,46)/t24-,27+,29+,30+,31?,33?/m0/s1. The first-order chi connectivity index (χ1) is 23.7. The van der Waals surface area contributed by atoms with Gasteiger partial charge < -0.3 is 25.7 Å². The van der Waals surface area contributed by atoms with Crippen LogP contribution < -0.4 is 10.6 Å².